The Kier molecular flexibility index (Phi) is 5.17. The van der Waals surface area contributed by atoms with E-state index in [1.165, 1.54) is 6.92 Å². The molecule has 0 aromatic carbocycles. The van der Waals surface area contributed by atoms with E-state index in [0.29, 0.717) is 31.9 Å². The summed E-state index contributed by atoms with van der Waals surface area (Å²) in [6.07, 6.45) is -3.09. The highest BCUT2D eigenvalue weighted by molar-refractivity contribution is 5.92. The van der Waals surface area contributed by atoms with Crippen LogP contribution >= 0.6 is 0 Å². The first-order chi connectivity index (χ1) is 14.1. The van der Waals surface area contributed by atoms with E-state index in [1.54, 1.807) is 10.9 Å². The summed E-state index contributed by atoms with van der Waals surface area (Å²) in [4.78, 5) is 12.2. The summed E-state index contributed by atoms with van der Waals surface area (Å²) < 4.78 is 64.8. The van der Waals surface area contributed by atoms with E-state index in [4.69, 9.17) is 18.6 Å². The number of hydrogen-bond acceptors (Lipinski definition) is 6. The summed E-state index contributed by atoms with van der Waals surface area (Å²) in [6.45, 7) is 6.99. The molecule has 10 heteroatoms. The predicted octanol–water partition coefficient (Wildman–Crippen LogP) is 3.59. The molecule has 0 amide bonds. The molecule has 30 heavy (non-hydrogen) atoms. The Bertz CT molecular complexity index is 955. The molecule has 2 aliphatic rings. The second-order valence-corrected chi connectivity index (χ2v) is 8.06. The molecular weight excluding hydrogens is 405 g/mol. The zero-order valence-corrected chi connectivity index (χ0v) is 17.0. The van der Waals surface area contributed by atoms with E-state index in [-0.39, 0.29) is 36.1 Å². The number of furan rings is 1. The minimum atomic E-state index is -4.80. The van der Waals surface area contributed by atoms with Gasteiger partial charge in [-0.3, -0.25) is 4.68 Å². The summed E-state index contributed by atoms with van der Waals surface area (Å²) in [7, 11) is 0. The monoisotopic (exact) mass is 428 g/mol. The molecule has 1 fully saturated rings. The van der Waals surface area contributed by atoms with Gasteiger partial charge in [0, 0.05) is 23.6 Å². The van der Waals surface area contributed by atoms with Gasteiger partial charge in [0.1, 0.15) is 23.1 Å². The Morgan fingerprint density at radius 1 is 1.37 bits per heavy atom. The quantitative estimate of drug-likeness (QED) is 0.693. The minimum Gasteiger partial charge on any atom is -0.460 e. The van der Waals surface area contributed by atoms with E-state index in [2.05, 4.69) is 5.10 Å². The van der Waals surface area contributed by atoms with Gasteiger partial charge >= 0.3 is 12.1 Å². The topological polar surface area (TPSA) is 75.7 Å². The first-order valence-electron chi connectivity index (χ1n) is 9.79. The van der Waals surface area contributed by atoms with Gasteiger partial charge in [0.2, 0.25) is 5.76 Å². The summed E-state index contributed by atoms with van der Waals surface area (Å²) in [6, 6.07) is 0. The average Bonchev–Trinajstić information content (AvgIpc) is 3.24. The van der Waals surface area contributed by atoms with Crippen LogP contribution in [0.2, 0.25) is 0 Å². The standard InChI is InChI=1S/C20H23F3N2O5/c1-4-28-18(26)17-15(20(21,22)23)14-13(30-17)7-19(2,3)12-9-25(24-16(12)14)8-11-10-27-5-6-29-11/h9,11H,4-8,10H2,1-3H3/t11-/m0/s1. The van der Waals surface area contributed by atoms with E-state index in [9.17, 15) is 18.0 Å². The molecule has 0 unspecified atom stereocenters. The zero-order chi connectivity index (χ0) is 21.7. The van der Waals surface area contributed by atoms with Crippen molar-refractivity contribution < 1.29 is 36.6 Å². The number of rotatable bonds is 4. The maximum Gasteiger partial charge on any atom is 0.421 e. The third-order valence-corrected chi connectivity index (χ3v) is 5.33. The second-order valence-electron chi connectivity index (χ2n) is 8.06. The Morgan fingerprint density at radius 3 is 2.77 bits per heavy atom. The Balaban J connectivity index is 1.82. The fraction of sp³-hybridized carbons (Fsp3) is 0.600. The maximum atomic E-state index is 14.0. The van der Waals surface area contributed by atoms with Crippen LogP contribution in [0, 0.1) is 0 Å². The molecule has 7 nitrogen and oxygen atoms in total. The molecule has 1 atom stereocenters. The molecule has 1 aliphatic carbocycles. The molecule has 2 aromatic rings. The fourth-order valence-electron chi connectivity index (χ4n) is 4.01. The van der Waals surface area contributed by atoms with Crippen LogP contribution in [0.25, 0.3) is 11.3 Å². The lowest BCUT2D eigenvalue weighted by atomic mass is 9.74. The normalized spacial score (nSPS) is 20.5. The van der Waals surface area contributed by atoms with Crippen molar-refractivity contribution in [1.29, 1.82) is 0 Å². The Morgan fingerprint density at radius 2 is 2.13 bits per heavy atom. The SMILES string of the molecule is CCOC(=O)c1oc2c(c1C(F)(F)F)-c1nn(C[C@H]3COCCO3)cc1C(C)(C)C2. The first kappa shape index (κ1) is 20.9. The van der Waals surface area contributed by atoms with Crippen molar-refractivity contribution in [3.8, 4) is 11.3 Å². The first-order valence-corrected chi connectivity index (χ1v) is 9.79. The second kappa shape index (κ2) is 7.42. The van der Waals surface area contributed by atoms with Gasteiger partial charge in [0.05, 0.1) is 38.5 Å². The van der Waals surface area contributed by atoms with Crippen LogP contribution in [0.4, 0.5) is 13.2 Å². The lowest BCUT2D eigenvalue weighted by molar-refractivity contribution is -0.138. The van der Waals surface area contributed by atoms with Crippen molar-refractivity contribution in [3.63, 3.8) is 0 Å². The number of halogens is 3. The van der Waals surface area contributed by atoms with Crippen LogP contribution in [0.3, 0.4) is 0 Å². The highest BCUT2D eigenvalue weighted by Crippen LogP contribution is 2.50. The van der Waals surface area contributed by atoms with Gasteiger partial charge in [-0.2, -0.15) is 18.3 Å². The van der Waals surface area contributed by atoms with Crippen molar-refractivity contribution in [2.45, 2.75) is 51.4 Å². The van der Waals surface area contributed by atoms with Gasteiger partial charge in [0.15, 0.2) is 0 Å². The summed E-state index contributed by atoms with van der Waals surface area (Å²) in [5.74, 6) is -1.87. The number of esters is 1. The number of carbonyl (C=O) groups excluding carboxylic acids is 1. The van der Waals surface area contributed by atoms with E-state index in [0.717, 1.165) is 0 Å². The van der Waals surface area contributed by atoms with Crippen molar-refractivity contribution >= 4 is 5.97 Å². The van der Waals surface area contributed by atoms with Gasteiger partial charge in [0.25, 0.3) is 0 Å². The van der Waals surface area contributed by atoms with Crippen LogP contribution in [0.1, 0.15) is 48.2 Å². The van der Waals surface area contributed by atoms with E-state index >= 15 is 0 Å². The molecule has 1 saturated heterocycles. The van der Waals surface area contributed by atoms with E-state index in [1.807, 2.05) is 13.8 Å². The number of hydrogen-bond donors (Lipinski definition) is 0. The lowest BCUT2D eigenvalue weighted by Crippen LogP contribution is -2.32. The number of aromatic nitrogens is 2. The van der Waals surface area contributed by atoms with Crippen LogP contribution in [0.5, 0.6) is 0 Å². The van der Waals surface area contributed by atoms with Crippen molar-refractivity contribution in [3.05, 3.63) is 28.8 Å². The molecule has 0 bridgehead atoms. The number of carbonyl (C=O) groups is 1. The molecule has 2 aromatic heterocycles. The molecule has 1 aliphatic heterocycles. The summed E-state index contributed by atoms with van der Waals surface area (Å²) >= 11 is 0. The molecule has 164 valence electrons. The number of ether oxygens (including phenoxy) is 3. The van der Waals surface area contributed by atoms with Crippen LogP contribution in [0.15, 0.2) is 10.6 Å². The van der Waals surface area contributed by atoms with Gasteiger partial charge < -0.3 is 18.6 Å². The molecule has 4 rings (SSSR count). The molecule has 0 radical (unpaired) electrons. The number of nitrogens with zero attached hydrogens (tertiary/aromatic N) is 2. The van der Waals surface area contributed by atoms with Crippen LogP contribution in [-0.4, -0.2) is 48.3 Å². The minimum absolute atomic E-state index is 0.0592. The van der Waals surface area contributed by atoms with Crippen LogP contribution in [-0.2, 0) is 38.8 Å². The predicted molar refractivity (Wildman–Crippen MR) is 98.2 cm³/mol. The summed E-state index contributed by atoms with van der Waals surface area (Å²) in [5, 5.41) is 4.44. The zero-order valence-electron chi connectivity index (χ0n) is 17.0. The highest BCUT2D eigenvalue weighted by atomic mass is 19.4. The molecule has 0 spiro atoms. The Labute approximate surface area is 171 Å². The van der Waals surface area contributed by atoms with Crippen LogP contribution < -0.4 is 0 Å². The molecule has 3 heterocycles. The lowest BCUT2D eigenvalue weighted by Gasteiger charge is -2.28. The third kappa shape index (κ3) is 3.62. The largest absolute Gasteiger partial charge is 0.460 e. The van der Waals surface area contributed by atoms with Gasteiger partial charge in [-0.15, -0.1) is 0 Å². The van der Waals surface area contributed by atoms with Gasteiger partial charge in [-0.25, -0.2) is 4.79 Å². The summed E-state index contributed by atoms with van der Waals surface area (Å²) in [5.41, 5.74) is -1.01. The molecule has 0 saturated carbocycles. The van der Waals surface area contributed by atoms with Crippen molar-refractivity contribution in [1.82, 2.24) is 9.78 Å². The number of fused-ring (bicyclic) bond motifs is 3. The smallest absolute Gasteiger partial charge is 0.421 e. The highest BCUT2D eigenvalue weighted by Gasteiger charge is 2.48. The van der Waals surface area contributed by atoms with Gasteiger partial charge in [-0.1, -0.05) is 13.8 Å². The van der Waals surface area contributed by atoms with E-state index < -0.39 is 28.9 Å². The van der Waals surface area contributed by atoms with Crippen molar-refractivity contribution in [2.75, 3.05) is 26.4 Å². The average molecular weight is 428 g/mol. The molecule has 0 N–H and O–H groups in total. The Hall–Kier alpha value is -2.33. The maximum absolute atomic E-state index is 14.0. The number of alkyl halides is 3. The third-order valence-electron chi connectivity index (χ3n) is 5.33. The molecular formula is C20H23F3N2O5. The van der Waals surface area contributed by atoms with Gasteiger partial charge in [-0.05, 0) is 6.92 Å². The fourth-order valence-corrected chi connectivity index (χ4v) is 4.01. The van der Waals surface area contributed by atoms with Crippen molar-refractivity contribution in [2.24, 2.45) is 0 Å².